The number of likely N-dealkylation sites (tertiary alicyclic amines) is 1. The van der Waals surface area contributed by atoms with Gasteiger partial charge in [0.2, 0.25) is 11.8 Å². The van der Waals surface area contributed by atoms with Gasteiger partial charge < -0.3 is 15.3 Å². The van der Waals surface area contributed by atoms with E-state index >= 15 is 0 Å². The van der Waals surface area contributed by atoms with Crippen LogP contribution in [0.1, 0.15) is 37.6 Å². The molecule has 1 aliphatic heterocycles. The number of benzene rings is 2. The maximum absolute atomic E-state index is 13.5. The van der Waals surface area contributed by atoms with Crippen LogP contribution in [0, 0.1) is 12.8 Å². The Labute approximate surface area is 209 Å². The molecule has 1 fully saturated rings. The molecule has 184 valence electrons. The van der Waals surface area contributed by atoms with Crippen molar-refractivity contribution < 1.29 is 14.7 Å². The molecule has 0 bridgehead atoms. The number of carbonyl (C=O) groups excluding carboxylic acids is 2. The summed E-state index contributed by atoms with van der Waals surface area (Å²) in [4.78, 5) is 28.0. The Balaban J connectivity index is 1.43. The third-order valence-corrected chi connectivity index (χ3v) is 6.59. The number of rotatable bonds is 7. The van der Waals surface area contributed by atoms with Crippen molar-refractivity contribution in [1.82, 2.24) is 25.2 Å². The lowest BCUT2D eigenvalue weighted by molar-refractivity contribution is -0.142. The van der Waals surface area contributed by atoms with Crippen LogP contribution in [0.4, 0.5) is 0 Å². The van der Waals surface area contributed by atoms with E-state index in [-0.39, 0.29) is 30.7 Å². The van der Waals surface area contributed by atoms with Gasteiger partial charge in [0.15, 0.2) is 0 Å². The zero-order chi connectivity index (χ0) is 25.1. The van der Waals surface area contributed by atoms with E-state index in [2.05, 4.69) is 15.6 Å². The minimum absolute atomic E-state index is 0.0679. The molecule has 0 unspecified atom stereocenters. The Kier molecular flexibility index (Phi) is 7.52. The van der Waals surface area contributed by atoms with Crippen molar-refractivity contribution >= 4 is 23.4 Å². The van der Waals surface area contributed by atoms with E-state index in [1.54, 1.807) is 10.9 Å². The zero-order valence-electron chi connectivity index (χ0n) is 20.1. The number of nitrogens with zero attached hydrogens (tertiary/aromatic N) is 4. The smallest absolute Gasteiger partial charge is 0.248 e. The van der Waals surface area contributed by atoms with Gasteiger partial charge in [-0.2, -0.15) is 0 Å². The van der Waals surface area contributed by atoms with Crippen LogP contribution in [0.2, 0.25) is 5.02 Å². The molecule has 1 saturated heterocycles. The average Bonchev–Trinajstić information content (AvgIpc) is 3.43. The van der Waals surface area contributed by atoms with Crippen LogP contribution < -0.4 is 5.32 Å². The van der Waals surface area contributed by atoms with Crippen LogP contribution in [0.3, 0.4) is 0 Å². The van der Waals surface area contributed by atoms with E-state index in [1.165, 1.54) is 4.90 Å². The van der Waals surface area contributed by atoms with Gasteiger partial charge >= 0.3 is 0 Å². The molecule has 0 spiro atoms. The van der Waals surface area contributed by atoms with Crippen LogP contribution in [0.15, 0.2) is 54.7 Å². The minimum Gasteiger partial charge on any atom is -0.391 e. The first-order valence-corrected chi connectivity index (χ1v) is 12.1. The Morgan fingerprint density at radius 1 is 1.17 bits per heavy atom. The molecule has 0 saturated carbocycles. The van der Waals surface area contributed by atoms with Gasteiger partial charge in [-0.3, -0.25) is 9.59 Å². The summed E-state index contributed by atoms with van der Waals surface area (Å²) in [6, 6.07) is 14.1. The highest BCUT2D eigenvalue weighted by molar-refractivity contribution is 6.33. The monoisotopic (exact) mass is 495 g/mol. The molecule has 0 aliphatic carbocycles. The summed E-state index contributed by atoms with van der Waals surface area (Å²) in [7, 11) is 0. The summed E-state index contributed by atoms with van der Waals surface area (Å²) in [6.07, 6.45) is 1.16. The van der Waals surface area contributed by atoms with Crippen LogP contribution in [0.5, 0.6) is 0 Å². The number of halogens is 1. The van der Waals surface area contributed by atoms with Gasteiger partial charge in [0, 0.05) is 36.3 Å². The van der Waals surface area contributed by atoms with Crippen molar-refractivity contribution in [3.8, 4) is 11.1 Å². The summed E-state index contributed by atoms with van der Waals surface area (Å²) in [5.74, 6) is -0.602. The summed E-state index contributed by atoms with van der Waals surface area (Å²) in [6.45, 7) is 6.08. The molecule has 1 aromatic heterocycles. The third-order valence-electron chi connectivity index (χ3n) is 6.26. The van der Waals surface area contributed by atoms with Crippen LogP contribution >= 0.6 is 11.6 Å². The van der Waals surface area contributed by atoms with Crippen LogP contribution in [-0.2, 0) is 16.1 Å². The number of aryl methyl sites for hydroxylation is 1. The van der Waals surface area contributed by atoms with Crippen molar-refractivity contribution in [2.75, 3.05) is 6.54 Å². The predicted molar refractivity (Wildman–Crippen MR) is 133 cm³/mol. The summed E-state index contributed by atoms with van der Waals surface area (Å²) in [5, 5.41) is 22.0. The number of β-amino-alcohol motifs (C(OH)–C–C–N with tert-alkyl or cyclic N) is 1. The molecule has 2 heterocycles. The standard InChI is InChI=1S/C26H30ClN5O3/c1-16(2)24(32-14-17(3)29-30-32)26(35)31-15-20(33)12-23(31)25(34)28-13-18-8-10-19(11-9-18)21-6-4-5-7-22(21)27/h4-11,14,16,20,23-24,33H,12-13,15H2,1-3H3,(H,28,34)/t20-,23+,24+/m1/s1. The SMILES string of the molecule is Cc1cn([C@H](C(=O)N2C[C@H](O)C[C@H]2C(=O)NCc2ccc(-c3ccccc3Cl)cc2)C(C)C)nn1. The van der Waals surface area contributed by atoms with E-state index in [1.807, 2.05) is 69.3 Å². The molecule has 3 aromatic rings. The summed E-state index contributed by atoms with van der Waals surface area (Å²) in [5.41, 5.74) is 3.56. The van der Waals surface area contributed by atoms with E-state index in [9.17, 15) is 14.7 Å². The van der Waals surface area contributed by atoms with E-state index in [0.29, 0.717) is 17.3 Å². The fraction of sp³-hybridized carbons (Fsp3) is 0.385. The Morgan fingerprint density at radius 2 is 1.89 bits per heavy atom. The van der Waals surface area contributed by atoms with Gasteiger partial charge in [0.25, 0.3) is 0 Å². The van der Waals surface area contributed by atoms with Crippen molar-refractivity contribution in [3.63, 3.8) is 0 Å². The number of aliphatic hydroxyl groups excluding tert-OH is 1. The molecule has 4 rings (SSSR count). The molecule has 2 amide bonds. The lowest BCUT2D eigenvalue weighted by atomic mass is 10.0. The lowest BCUT2D eigenvalue weighted by Gasteiger charge is -2.29. The molecule has 9 heteroatoms. The Hall–Kier alpha value is -3.23. The van der Waals surface area contributed by atoms with E-state index in [4.69, 9.17) is 11.6 Å². The van der Waals surface area contributed by atoms with Gasteiger partial charge in [0.05, 0.1) is 11.8 Å². The number of nitrogens with one attached hydrogen (secondary N) is 1. The molecular weight excluding hydrogens is 466 g/mol. The number of aromatic nitrogens is 3. The average molecular weight is 496 g/mol. The highest BCUT2D eigenvalue weighted by atomic mass is 35.5. The second-order valence-electron chi connectivity index (χ2n) is 9.32. The Morgan fingerprint density at radius 3 is 2.51 bits per heavy atom. The van der Waals surface area contributed by atoms with E-state index in [0.717, 1.165) is 16.7 Å². The number of hydrogen-bond donors (Lipinski definition) is 2. The number of hydrogen-bond acceptors (Lipinski definition) is 5. The van der Waals surface area contributed by atoms with Crippen LogP contribution in [0.25, 0.3) is 11.1 Å². The number of aliphatic hydroxyl groups is 1. The molecule has 1 aliphatic rings. The van der Waals surface area contributed by atoms with Gasteiger partial charge in [-0.25, -0.2) is 4.68 Å². The fourth-order valence-corrected chi connectivity index (χ4v) is 4.73. The van der Waals surface area contributed by atoms with Crippen LogP contribution in [-0.4, -0.2) is 55.5 Å². The molecule has 2 aromatic carbocycles. The number of amides is 2. The highest BCUT2D eigenvalue weighted by Crippen LogP contribution is 2.28. The topological polar surface area (TPSA) is 100 Å². The van der Waals surface area contributed by atoms with Crippen molar-refractivity contribution in [3.05, 3.63) is 71.0 Å². The molecule has 8 nitrogen and oxygen atoms in total. The lowest BCUT2D eigenvalue weighted by Crippen LogP contribution is -2.49. The first-order valence-electron chi connectivity index (χ1n) is 11.7. The summed E-state index contributed by atoms with van der Waals surface area (Å²) >= 11 is 6.29. The van der Waals surface area contributed by atoms with E-state index < -0.39 is 18.2 Å². The Bertz CT molecular complexity index is 1190. The number of carbonyl (C=O) groups is 2. The normalized spacial score (nSPS) is 18.6. The maximum Gasteiger partial charge on any atom is 0.248 e. The quantitative estimate of drug-likeness (QED) is 0.523. The second kappa shape index (κ2) is 10.6. The largest absolute Gasteiger partial charge is 0.391 e. The highest BCUT2D eigenvalue weighted by Gasteiger charge is 2.42. The van der Waals surface area contributed by atoms with Gasteiger partial charge in [-0.15, -0.1) is 5.10 Å². The van der Waals surface area contributed by atoms with Gasteiger partial charge in [-0.05, 0) is 30.0 Å². The molecule has 2 N–H and O–H groups in total. The maximum atomic E-state index is 13.5. The summed E-state index contributed by atoms with van der Waals surface area (Å²) < 4.78 is 1.54. The first kappa shape index (κ1) is 24.9. The first-order chi connectivity index (χ1) is 16.7. The second-order valence-corrected chi connectivity index (χ2v) is 9.73. The van der Waals surface area contributed by atoms with Crippen molar-refractivity contribution in [2.24, 2.45) is 5.92 Å². The molecular formula is C26H30ClN5O3. The molecule has 35 heavy (non-hydrogen) atoms. The molecule has 0 radical (unpaired) electrons. The minimum atomic E-state index is -0.755. The zero-order valence-corrected chi connectivity index (χ0v) is 20.8. The van der Waals surface area contributed by atoms with Gasteiger partial charge in [-0.1, -0.05) is 73.1 Å². The third kappa shape index (κ3) is 5.55. The predicted octanol–water partition coefficient (Wildman–Crippen LogP) is 3.38. The molecule has 3 atom stereocenters. The van der Waals surface area contributed by atoms with Gasteiger partial charge in [0.1, 0.15) is 12.1 Å². The fourth-order valence-electron chi connectivity index (χ4n) is 4.49. The van der Waals surface area contributed by atoms with Crippen molar-refractivity contribution in [1.29, 1.82) is 0 Å². The van der Waals surface area contributed by atoms with Crippen molar-refractivity contribution in [2.45, 2.75) is 51.9 Å².